The minimum Gasteiger partial charge on any atom is -0.295 e. The van der Waals surface area contributed by atoms with Crippen molar-refractivity contribution in [2.45, 2.75) is 59.3 Å². The normalized spacial score (nSPS) is 14.3. The Balaban J connectivity index is 2.25. The fraction of sp³-hybridized carbons (Fsp3) is 0.476. The third-order valence-electron chi connectivity index (χ3n) is 4.77. The van der Waals surface area contributed by atoms with Gasteiger partial charge in [0.2, 0.25) is 0 Å². The number of rotatable bonds is 4. The highest BCUT2D eigenvalue weighted by atomic mass is 32.2. The Hall–Kier alpha value is -1.90. The number of aromatic nitrogens is 3. The zero-order valence-electron chi connectivity index (χ0n) is 18.2. The first-order valence-electron chi connectivity index (χ1n) is 9.54. The molecule has 0 spiro atoms. The molecule has 29 heavy (non-hydrogen) atoms. The van der Waals surface area contributed by atoms with Gasteiger partial charge in [0.25, 0.3) is 5.56 Å². The molecule has 0 fully saturated rings. The first-order valence-corrected chi connectivity index (χ1v) is 11.5. The molecule has 3 rings (SSSR count). The monoisotopic (exact) mass is 432 g/mol. The van der Waals surface area contributed by atoms with E-state index >= 15 is 0 Å². The van der Waals surface area contributed by atoms with Crippen LogP contribution in [0.1, 0.15) is 55.6 Å². The van der Waals surface area contributed by atoms with Crippen LogP contribution in [0.15, 0.2) is 16.9 Å². The van der Waals surface area contributed by atoms with E-state index in [1.807, 2.05) is 60.6 Å². The minimum absolute atomic E-state index is 0.0930. The van der Waals surface area contributed by atoms with Gasteiger partial charge in [-0.2, -0.15) is 0 Å². The molecular weight excluding hydrogens is 404 g/mol. The Bertz CT molecular complexity index is 1170. The molecule has 2 aromatic heterocycles. The average Bonchev–Trinajstić information content (AvgIpc) is 2.95. The van der Waals surface area contributed by atoms with Crippen molar-refractivity contribution in [2.75, 3.05) is 0 Å². The first kappa shape index (κ1) is 21.8. The number of fused-ring (bicyclic) bond motifs is 1. The quantitative estimate of drug-likeness (QED) is 0.673. The summed E-state index contributed by atoms with van der Waals surface area (Å²) in [7, 11) is 0.509. The second-order valence-corrected chi connectivity index (χ2v) is 11.6. The van der Waals surface area contributed by atoms with E-state index in [4.69, 9.17) is 4.98 Å². The summed E-state index contributed by atoms with van der Waals surface area (Å²) < 4.78 is 17.0. The SMILES string of the molecule is Cc1cc([C@@H](C)N[S@](=O)C(C)(C)C)c2nc(-c3sc(C)nc3C)n(C)c(=O)c2c1. The molecule has 0 saturated carbocycles. The molecule has 0 saturated heterocycles. The van der Waals surface area contributed by atoms with Crippen molar-refractivity contribution >= 4 is 33.2 Å². The van der Waals surface area contributed by atoms with Crippen molar-refractivity contribution in [1.29, 1.82) is 0 Å². The maximum absolute atomic E-state index is 13.2. The Morgan fingerprint density at radius 3 is 2.38 bits per heavy atom. The first-order chi connectivity index (χ1) is 13.4. The molecular formula is C21H28N4O2S2. The van der Waals surface area contributed by atoms with Crippen molar-refractivity contribution in [3.8, 4) is 10.7 Å². The summed E-state index contributed by atoms with van der Waals surface area (Å²) in [4.78, 5) is 23.5. The van der Waals surface area contributed by atoms with Crippen molar-refractivity contribution in [3.05, 3.63) is 44.3 Å². The lowest BCUT2D eigenvalue weighted by Gasteiger charge is -2.23. The number of hydrogen-bond acceptors (Lipinski definition) is 5. The number of nitrogens with one attached hydrogen (secondary N) is 1. The standard InChI is InChI=1S/C21H28N4O2S2/c1-11-9-15(12(2)24-29(27)21(5,6)7)17-16(10-11)20(26)25(8)19(23-17)18-13(3)22-14(4)28-18/h9-10,12,24H,1-8H3/t12-,29-/m1/s1. The zero-order valence-corrected chi connectivity index (χ0v) is 19.8. The van der Waals surface area contributed by atoms with Crippen LogP contribution in [-0.4, -0.2) is 23.5 Å². The predicted octanol–water partition coefficient (Wildman–Crippen LogP) is 4.10. The van der Waals surface area contributed by atoms with Gasteiger partial charge in [-0.3, -0.25) is 9.36 Å². The molecule has 2 heterocycles. The summed E-state index contributed by atoms with van der Waals surface area (Å²) in [5.41, 5.74) is 3.26. The Labute approximate surface area is 178 Å². The molecule has 3 aromatic rings. The van der Waals surface area contributed by atoms with Crippen LogP contribution in [0.4, 0.5) is 0 Å². The average molecular weight is 433 g/mol. The predicted molar refractivity (Wildman–Crippen MR) is 122 cm³/mol. The van der Waals surface area contributed by atoms with E-state index in [9.17, 15) is 9.00 Å². The van der Waals surface area contributed by atoms with Crippen LogP contribution in [0, 0.1) is 20.8 Å². The molecule has 0 radical (unpaired) electrons. The fourth-order valence-electron chi connectivity index (χ4n) is 3.23. The number of hydrogen-bond donors (Lipinski definition) is 1. The van der Waals surface area contributed by atoms with E-state index in [-0.39, 0.29) is 16.3 Å². The molecule has 1 N–H and O–H groups in total. The lowest BCUT2D eigenvalue weighted by atomic mass is 10.0. The van der Waals surface area contributed by atoms with Gasteiger partial charge in [-0.15, -0.1) is 11.3 Å². The molecule has 8 heteroatoms. The lowest BCUT2D eigenvalue weighted by Crippen LogP contribution is -2.35. The van der Waals surface area contributed by atoms with Gasteiger partial charge in [0, 0.05) is 13.1 Å². The van der Waals surface area contributed by atoms with Gasteiger partial charge in [-0.1, -0.05) is 6.07 Å². The topological polar surface area (TPSA) is 76.9 Å². The van der Waals surface area contributed by atoms with Gasteiger partial charge in [-0.05, 0) is 65.7 Å². The van der Waals surface area contributed by atoms with Gasteiger partial charge in [0.1, 0.15) is 0 Å². The van der Waals surface area contributed by atoms with Crippen LogP contribution in [0.3, 0.4) is 0 Å². The summed E-state index contributed by atoms with van der Waals surface area (Å²) in [5.74, 6) is 0.611. The molecule has 0 amide bonds. The van der Waals surface area contributed by atoms with Crippen LogP contribution >= 0.6 is 11.3 Å². The zero-order chi connectivity index (χ0) is 21.7. The molecule has 1 aromatic carbocycles. The Morgan fingerprint density at radius 2 is 1.83 bits per heavy atom. The highest BCUT2D eigenvalue weighted by molar-refractivity contribution is 7.84. The maximum atomic E-state index is 13.2. The van der Waals surface area contributed by atoms with Gasteiger partial charge in [0.15, 0.2) is 5.82 Å². The summed E-state index contributed by atoms with van der Waals surface area (Å²) in [6, 6.07) is 3.66. The van der Waals surface area contributed by atoms with E-state index in [2.05, 4.69) is 9.71 Å². The van der Waals surface area contributed by atoms with Crippen molar-refractivity contribution < 1.29 is 4.21 Å². The smallest absolute Gasteiger partial charge is 0.261 e. The number of nitrogens with zero attached hydrogens (tertiary/aromatic N) is 3. The second-order valence-electron chi connectivity index (χ2n) is 8.42. The van der Waals surface area contributed by atoms with E-state index in [1.54, 1.807) is 11.6 Å². The van der Waals surface area contributed by atoms with Crippen LogP contribution in [0.2, 0.25) is 0 Å². The van der Waals surface area contributed by atoms with Crippen LogP contribution in [0.25, 0.3) is 21.6 Å². The highest BCUT2D eigenvalue weighted by Crippen LogP contribution is 2.30. The van der Waals surface area contributed by atoms with Crippen molar-refractivity contribution in [3.63, 3.8) is 0 Å². The van der Waals surface area contributed by atoms with Gasteiger partial charge in [0.05, 0.1) is 42.2 Å². The highest BCUT2D eigenvalue weighted by Gasteiger charge is 2.24. The molecule has 0 aliphatic heterocycles. The van der Waals surface area contributed by atoms with Crippen molar-refractivity contribution in [2.24, 2.45) is 7.05 Å². The number of aryl methyl sites for hydroxylation is 3. The Kier molecular flexibility index (Phi) is 5.82. The third kappa shape index (κ3) is 4.20. The van der Waals surface area contributed by atoms with Gasteiger partial charge >= 0.3 is 0 Å². The lowest BCUT2D eigenvalue weighted by molar-refractivity contribution is 0.617. The van der Waals surface area contributed by atoms with E-state index in [0.717, 1.165) is 26.7 Å². The van der Waals surface area contributed by atoms with Crippen LogP contribution in [-0.2, 0) is 18.0 Å². The van der Waals surface area contributed by atoms with Crippen molar-refractivity contribution in [1.82, 2.24) is 19.3 Å². The molecule has 0 unspecified atom stereocenters. The van der Waals surface area contributed by atoms with E-state index in [1.165, 1.54) is 11.3 Å². The summed E-state index contributed by atoms with van der Waals surface area (Å²) in [5, 5.41) is 1.51. The molecule has 156 valence electrons. The van der Waals surface area contributed by atoms with Gasteiger partial charge in [-0.25, -0.2) is 18.9 Å². The molecule has 2 atom stereocenters. The van der Waals surface area contributed by atoms with E-state index in [0.29, 0.717) is 16.7 Å². The minimum atomic E-state index is -1.24. The molecule has 0 bridgehead atoms. The fourth-order valence-corrected chi connectivity index (χ4v) is 4.97. The molecule has 6 nitrogen and oxygen atoms in total. The second kappa shape index (κ2) is 7.74. The molecule has 0 aliphatic rings. The number of benzene rings is 1. The summed E-state index contributed by atoms with van der Waals surface area (Å²) in [6.45, 7) is 13.6. The molecule has 0 aliphatic carbocycles. The largest absolute Gasteiger partial charge is 0.295 e. The van der Waals surface area contributed by atoms with E-state index < -0.39 is 11.0 Å². The van der Waals surface area contributed by atoms with Crippen LogP contribution < -0.4 is 10.3 Å². The maximum Gasteiger partial charge on any atom is 0.261 e. The Morgan fingerprint density at radius 1 is 1.17 bits per heavy atom. The summed E-state index contributed by atoms with van der Waals surface area (Å²) in [6.07, 6.45) is 0. The summed E-state index contributed by atoms with van der Waals surface area (Å²) >= 11 is 1.53. The van der Waals surface area contributed by atoms with Gasteiger partial charge < -0.3 is 0 Å². The van der Waals surface area contributed by atoms with Crippen LogP contribution in [0.5, 0.6) is 0 Å². The third-order valence-corrected chi connectivity index (χ3v) is 7.52. The number of thiazole rings is 1.